The molecule has 0 aliphatic heterocycles. The Labute approximate surface area is 112 Å². The van der Waals surface area contributed by atoms with Gasteiger partial charge in [0.2, 0.25) is 0 Å². The van der Waals surface area contributed by atoms with Crippen LogP contribution in [-0.2, 0) is 0 Å². The van der Waals surface area contributed by atoms with E-state index in [9.17, 15) is 9.90 Å². The van der Waals surface area contributed by atoms with Gasteiger partial charge in [0.1, 0.15) is 5.75 Å². The van der Waals surface area contributed by atoms with E-state index < -0.39 is 0 Å². The SMILES string of the molecule is Cc1ccc(C(=O)Nc2cccc(O)c2C)c(C)c1. The maximum Gasteiger partial charge on any atom is 0.255 e. The first kappa shape index (κ1) is 13.1. The van der Waals surface area contributed by atoms with Crippen LogP contribution < -0.4 is 5.32 Å². The molecule has 0 saturated carbocycles. The van der Waals surface area contributed by atoms with Gasteiger partial charge in [-0.15, -0.1) is 0 Å². The van der Waals surface area contributed by atoms with Crippen molar-refractivity contribution in [3.63, 3.8) is 0 Å². The lowest BCUT2D eigenvalue weighted by Gasteiger charge is -2.11. The lowest BCUT2D eigenvalue weighted by Crippen LogP contribution is -2.14. The zero-order chi connectivity index (χ0) is 14.0. The third-order valence-corrected chi connectivity index (χ3v) is 3.18. The summed E-state index contributed by atoms with van der Waals surface area (Å²) in [5, 5.41) is 12.5. The molecule has 0 bridgehead atoms. The van der Waals surface area contributed by atoms with Gasteiger partial charge < -0.3 is 10.4 Å². The van der Waals surface area contributed by atoms with E-state index in [2.05, 4.69) is 5.32 Å². The van der Waals surface area contributed by atoms with Gasteiger partial charge in [-0.25, -0.2) is 0 Å². The predicted octanol–water partition coefficient (Wildman–Crippen LogP) is 3.57. The monoisotopic (exact) mass is 255 g/mol. The van der Waals surface area contributed by atoms with Gasteiger partial charge in [0.25, 0.3) is 5.91 Å². The maximum absolute atomic E-state index is 12.2. The molecule has 98 valence electrons. The number of nitrogens with one attached hydrogen (secondary N) is 1. The van der Waals surface area contributed by atoms with E-state index in [1.807, 2.05) is 32.0 Å². The summed E-state index contributed by atoms with van der Waals surface area (Å²) < 4.78 is 0. The van der Waals surface area contributed by atoms with E-state index in [4.69, 9.17) is 0 Å². The summed E-state index contributed by atoms with van der Waals surface area (Å²) in [4.78, 5) is 12.2. The molecule has 1 amide bonds. The summed E-state index contributed by atoms with van der Waals surface area (Å²) in [6.45, 7) is 5.68. The van der Waals surface area contributed by atoms with Crippen LogP contribution in [-0.4, -0.2) is 11.0 Å². The van der Waals surface area contributed by atoms with Gasteiger partial charge in [-0.3, -0.25) is 4.79 Å². The number of aryl methyl sites for hydroxylation is 2. The Hall–Kier alpha value is -2.29. The molecule has 0 unspecified atom stereocenters. The molecule has 2 aromatic rings. The minimum atomic E-state index is -0.161. The van der Waals surface area contributed by atoms with Crippen LogP contribution in [0.2, 0.25) is 0 Å². The molecular formula is C16H17NO2. The van der Waals surface area contributed by atoms with Crippen molar-refractivity contribution in [1.82, 2.24) is 0 Å². The van der Waals surface area contributed by atoms with Crippen molar-refractivity contribution in [2.45, 2.75) is 20.8 Å². The molecule has 0 atom stereocenters. The van der Waals surface area contributed by atoms with Crippen LogP contribution in [0.3, 0.4) is 0 Å². The summed E-state index contributed by atoms with van der Waals surface area (Å²) in [7, 11) is 0. The van der Waals surface area contributed by atoms with Crippen LogP contribution in [0.4, 0.5) is 5.69 Å². The predicted molar refractivity (Wildman–Crippen MR) is 76.7 cm³/mol. The number of hydrogen-bond donors (Lipinski definition) is 2. The normalized spacial score (nSPS) is 10.3. The van der Waals surface area contributed by atoms with Crippen LogP contribution in [0, 0.1) is 20.8 Å². The van der Waals surface area contributed by atoms with Gasteiger partial charge in [0.05, 0.1) is 0 Å². The van der Waals surface area contributed by atoms with Crippen molar-refractivity contribution in [1.29, 1.82) is 0 Å². The van der Waals surface area contributed by atoms with Crippen LogP contribution >= 0.6 is 0 Å². The molecule has 0 heterocycles. The van der Waals surface area contributed by atoms with Crippen LogP contribution in [0.5, 0.6) is 5.75 Å². The van der Waals surface area contributed by atoms with E-state index in [1.165, 1.54) is 0 Å². The van der Waals surface area contributed by atoms with Crippen LogP contribution in [0.25, 0.3) is 0 Å². The van der Waals surface area contributed by atoms with Crippen molar-refractivity contribution in [2.24, 2.45) is 0 Å². The highest BCUT2D eigenvalue weighted by Crippen LogP contribution is 2.24. The third-order valence-electron chi connectivity index (χ3n) is 3.18. The van der Waals surface area contributed by atoms with Crippen molar-refractivity contribution in [2.75, 3.05) is 5.32 Å². The second kappa shape index (κ2) is 5.14. The number of rotatable bonds is 2. The highest BCUT2D eigenvalue weighted by molar-refractivity contribution is 6.05. The number of benzene rings is 2. The Bertz CT molecular complexity index is 633. The van der Waals surface area contributed by atoms with Crippen molar-refractivity contribution in [3.05, 3.63) is 58.7 Å². The Balaban J connectivity index is 2.28. The molecular weight excluding hydrogens is 238 g/mol. The minimum absolute atomic E-state index is 0.161. The molecule has 0 aliphatic carbocycles. The van der Waals surface area contributed by atoms with E-state index >= 15 is 0 Å². The van der Waals surface area contributed by atoms with Gasteiger partial charge in [-0.2, -0.15) is 0 Å². The fraction of sp³-hybridized carbons (Fsp3) is 0.188. The quantitative estimate of drug-likeness (QED) is 0.861. The topological polar surface area (TPSA) is 49.3 Å². The highest BCUT2D eigenvalue weighted by Gasteiger charge is 2.11. The lowest BCUT2D eigenvalue weighted by molar-refractivity contribution is 0.102. The van der Waals surface area contributed by atoms with E-state index in [0.717, 1.165) is 11.1 Å². The number of phenols is 1. The van der Waals surface area contributed by atoms with E-state index in [0.29, 0.717) is 16.8 Å². The average molecular weight is 255 g/mol. The number of phenolic OH excluding ortho intramolecular Hbond substituents is 1. The molecule has 0 radical (unpaired) electrons. The molecule has 2 aromatic carbocycles. The molecule has 0 spiro atoms. The molecule has 19 heavy (non-hydrogen) atoms. The Morgan fingerprint density at radius 2 is 1.84 bits per heavy atom. The standard InChI is InChI=1S/C16H17NO2/c1-10-7-8-13(11(2)9-10)16(19)17-14-5-4-6-15(18)12(14)3/h4-9,18H,1-3H3,(H,17,19). The number of hydrogen-bond acceptors (Lipinski definition) is 2. The zero-order valence-electron chi connectivity index (χ0n) is 11.3. The van der Waals surface area contributed by atoms with Gasteiger partial charge in [0.15, 0.2) is 0 Å². The Morgan fingerprint density at radius 3 is 2.53 bits per heavy atom. The molecule has 2 rings (SSSR count). The maximum atomic E-state index is 12.2. The number of carbonyl (C=O) groups is 1. The molecule has 0 saturated heterocycles. The molecule has 0 aromatic heterocycles. The van der Waals surface area contributed by atoms with Crippen LogP contribution in [0.15, 0.2) is 36.4 Å². The minimum Gasteiger partial charge on any atom is -0.508 e. The smallest absolute Gasteiger partial charge is 0.255 e. The largest absolute Gasteiger partial charge is 0.508 e. The summed E-state index contributed by atoms with van der Waals surface area (Å²) in [6, 6.07) is 10.8. The second-order valence-electron chi connectivity index (χ2n) is 4.72. The second-order valence-corrected chi connectivity index (χ2v) is 4.72. The van der Waals surface area contributed by atoms with Crippen molar-refractivity contribution >= 4 is 11.6 Å². The van der Waals surface area contributed by atoms with Gasteiger partial charge in [0, 0.05) is 16.8 Å². The Kier molecular flexibility index (Phi) is 3.56. The molecule has 3 nitrogen and oxygen atoms in total. The Morgan fingerprint density at radius 1 is 1.11 bits per heavy atom. The lowest BCUT2D eigenvalue weighted by atomic mass is 10.0. The number of amides is 1. The van der Waals surface area contributed by atoms with Crippen LogP contribution in [0.1, 0.15) is 27.0 Å². The first-order chi connectivity index (χ1) is 8.99. The van der Waals surface area contributed by atoms with Crippen molar-refractivity contribution < 1.29 is 9.90 Å². The summed E-state index contributed by atoms with van der Waals surface area (Å²) in [5.74, 6) is 0.0182. The molecule has 2 N–H and O–H groups in total. The van der Waals surface area contributed by atoms with Crippen molar-refractivity contribution in [3.8, 4) is 5.75 Å². The highest BCUT2D eigenvalue weighted by atomic mass is 16.3. The molecule has 0 aliphatic rings. The average Bonchev–Trinajstić information content (AvgIpc) is 2.34. The van der Waals surface area contributed by atoms with Gasteiger partial charge in [-0.05, 0) is 44.5 Å². The summed E-state index contributed by atoms with van der Waals surface area (Å²) >= 11 is 0. The zero-order valence-corrected chi connectivity index (χ0v) is 11.3. The number of carbonyl (C=O) groups excluding carboxylic acids is 1. The summed E-state index contributed by atoms with van der Waals surface area (Å²) in [6.07, 6.45) is 0. The molecule has 3 heteroatoms. The fourth-order valence-electron chi connectivity index (χ4n) is 2.02. The van der Waals surface area contributed by atoms with Gasteiger partial charge >= 0.3 is 0 Å². The van der Waals surface area contributed by atoms with E-state index in [1.54, 1.807) is 25.1 Å². The van der Waals surface area contributed by atoms with Gasteiger partial charge in [-0.1, -0.05) is 23.8 Å². The number of aromatic hydroxyl groups is 1. The van der Waals surface area contributed by atoms with E-state index in [-0.39, 0.29) is 11.7 Å². The number of anilines is 1. The fourth-order valence-corrected chi connectivity index (χ4v) is 2.02. The first-order valence-corrected chi connectivity index (χ1v) is 6.16. The first-order valence-electron chi connectivity index (χ1n) is 6.16. The third kappa shape index (κ3) is 2.76. The molecule has 0 fully saturated rings. The summed E-state index contributed by atoms with van der Waals surface area (Å²) in [5.41, 5.74) is 4.01.